The fourth-order valence-electron chi connectivity index (χ4n) is 1.41. The van der Waals surface area contributed by atoms with Crippen molar-refractivity contribution in [1.29, 1.82) is 0 Å². The molecule has 3 N–H and O–H groups in total. The molecule has 0 saturated heterocycles. The molecule has 0 radical (unpaired) electrons. The Labute approximate surface area is 96.0 Å². The van der Waals surface area contributed by atoms with E-state index < -0.39 is 0 Å². The van der Waals surface area contributed by atoms with Crippen molar-refractivity contribution >= 4 is 0 Å². The molecule has 0 spiro atoms. The third-order valence-corrected chi connectivity index (χ3v) is 2.32. The summed E-state index contributed by atoms with van der Waals surface area (Å²) >= 11 is 0. The maximum atomic E-state index is 8.66. The molecule has 0 fully saturated rings. The minimum absolute atomic E-state index is 0.113. The van der Waals surface area contributed by atoms with E-state index in [2.05, 4.69) is 0 Å². The van der Waals surface area contributed by atoms with Crippen molar-refractivity contribution < 1.29 is 14.6 Å². The maximum Gasteiger partial charge on any atom is 0.118 e. The molecule has 1 aromatic carbocycles. The number of benzene rings is 1. The zero-order valence-electron chi connectivity index (χ0n) is 9.56. The minimum Gasteiger partial charge on any atom is -0.497 e. The zero-order chi connectivity index (χ0) is 11.8. The van der Waals surface area contributed by atoms with Gasteiger partial charge in [0.2, 0.25) is 0 Å². The van der Waals surface area contributed by atoms with Gasteiger partial charge in [-0.25, -0.2) is 0 Å². The first-order valence-electron chi connectivity index (χ1n) is 5.38. The Kier molecular flexibility index (Phi) is 5.85. The van der Waals surface area contributed by atoms with Crippen molar-refractivity contribution in [3.05, 3.63) is 29.8 Å². The highest BCUT2D eigenvalue weighted by atomic mass is 16.5. The van der Waals surface area contributed by atoms with Crippen LogP contribution in [0.5, 0.6) is 5.75 Å². The SMILES string of the molecule is COc1ccc(C(CN)OCCCO)cc1. The molecule has 4 heteroatoms. The van der Waals surface area contributed by atoms with Crippen LogP contribution >= 0.6 is 0 Å². The summed E-state index contributed by atoms with van der Waals surface area (Å²) in [5.41, 5.74) is 6.67. The van der Waals surface area contributed by atoms with E-state index >= 15 is 0 Å². The van der Waals surface area contributed by atoms with Crippen molar-refractivity contribution in [3.63, 3.8) is 0 Å². The molecule has 0 bridgehead atoms. The monoisotopic (exact) mass is 225 g/mol. The lowest BCUT2D eigenvalue weighted by Gasteiger charge is -2.16. The van der Waals surface area contributed by atoms with E-state index in [-0.39, 0.29) is 12.7 Å². The van der Waals surface area contributed by atoms with Gasteiger partial charge in [-0.05, 0) is 24.1 Å². The number of methoxy groups -OCH3 is 1. The smallest absolute Gasteiger partial charge is 0.118 e. The second kappa shape index (κ2) is 7.22. The zero-order valence-corrected chi connectivity index (χ0v) is 9.56. The highest BCUT2D eigenvalue weighted by Crippen LogP contribution is 2.19. The van der Waals surface area contributed by atoms with Gasteiger partial charge in [0.25, 0.3) is 0 Å². The number of aliphatic hydroxyl groups excluding tert-OH is 1. The summed E-state index contributed by atoms with van der Waals surface area (Å²) in [6, 6.07) is 7.64. The number of hydrogen-bond donors (Lipinski definition) is 2. The van der Waals surface area contributed by atoms with Gasteiger partial charge < -0.3 is 20.3 Å². The van der Waals surface area contributed by atoms with E-state index in [9.17, 15) is 0 Å². The largest absolute Gasteiger partial charge is 0.497 e. The fourth-order valence-corrected chi connectivity index (χ4v) is 1.41. The predicted molar refractivity (Wildman–Crippen MR) is 62.4 cm³/mol. The summed E-state index contributed by atoms with van der Waals surface area (Å²) in [4.78, 5) is 0. The molecule has 0 aliphatic carbocycles. The summed E-state index contributed by atoms with van der Waals surface area (Å²) in [5, 5.41) is 8.66. The van der Waals surface area contributed by atoms with E-state index in [0.29, 0.717) is 19.6 Å². The third kappa shape index (κ3) is 3.81. The lowest BCUT2D eigenvalue weighted by Crippen LogP contribution is -2.16. The van der Waals surface area contributed by atoms with E-state index in [1.807, 2.05) is 24.3 Å². The Morgan fingerprint density at radius 1 is 1.31 bits per heavy atom. The van der Waals surface area contributed by atoms with Crippen LogP contribution in [0.2, 0.25) is 0 Å². The number of aliphatic hydroxyl groups is 1. The summed E-state index contributed by atoms with van der Waals surface area (Å²) in [7, 11) is 1.63. The van der Waals surface area contributed by atoms with E-state index in [1.54, 1.807) is 7.11 Å². The average Bonchev–Trinajstić information content (AvgIpc) is 2.35. The second-order valence-corrected chi connectivity index (χ2v) is 3.45. The van der Waals surface area contributed by atoms with Gasteiger partial charge in [0.1, 0.15) is 5.75 Å². The van der Waals surface area contributed by atoms with Crippen molar-refractivity contribution in [2.75, 3.05) is 26.9 Å². The van der Waals surface area contributed by atoms with Crippen LogP contribution in [0.3, 0.4) is 0 Å². The van der Waals surface area contributed by atoms with Crippen LogP contribution in [0.1, 0.15) is 18.1 Å². The van der Waals surface area contributed by atoms with E-state index in [4.69, 9.17) is 20.3 Å². The van der Waals surface area contributed by atoms with Crippen LogP contribution in [0.15, 0.2) is 24.3 Å². The first kappa shape index (κ1) is 13.0. The molecule has 1 aromatic rings. The second-order valence-electron chi connectivity index (χ2n) is 3.45. The standard InChI is InChI=1S/C12H19NO3/c1-15-11-5-3-10(4-6-11)12(9-13)16-8-2-7-14/h3-6,12,14H,2,7-9,13H2,1H3. The van der Waals surface area contributed by atoms with Gasteiger partial charge >= 0.3 is 0 Å². The van der Waals surface area contributed by atoms with Crippen LogP contribution in [0.4, 0.5) is 0 Å². The molecule has 0 aliphatic heterocycles. The van der Waals surface area contributed by atoms with E-state index in [0.717, 1.165) is 11.3 Å². The molecule has 0 heterocycles. The molecule has 0 aliphatic rings. The van der Waals surface area contributed by atoms with Crippen molar-refractivity contribution in [2.45, 2.75) is 12.5 Å². The molecule has 0 aromatic heterocycles. The lowest BCUT2D eigenvalue weighted by molar-refractivity contribution is 0.0488. The van der Waals surface area contributed by atoms with Crippen LogP contribution in [0.25, 0.3) is 0 Å². The van der Waals surface area contributed by atoms with Gasteiger partial charge in [-0.3, -0.25) is 0 Å². The Bertz CT molecular complexity index is 287. The topological polar surface area (TPSA) is 64.7 Å². The highest BCUT2D eigenvalue weighted by molar-refractivity contribution is 5.28. The van der Waals surface area contributed by atoms with Crippen LogP contribution in [-0.4, -0.2) is 32.0 Å². The normalized spacial score (nSPS) is 12.4. The molecule has 0 amide bonds. The molecule has 0 saturated carbocycles. The molecule has 1 rings (SSSR count). The third-order valence-electron chi connectivity index (χ3n) is 2.32. The van der Waals surface area contributed by atoms with Crippen molar-refractivity contribution in [2.24, 2.45) is 5.73 Å². The van der Waals surface area contributed by atoms with Gasteiger partial charge in [-0.2, -0.15) is 0 Å². The first-order valence-corrected chi connectivity index (χ1v) is 5.38. The van der Waals surface area contributed by atoms with Gasteiger partial charge in [0.05, 0.1) is 13.2 Å². The Morgan fingerprint density at radius 2 is 2.00 bits per heavy atom. The van der Waals surface area contributed by atoms with Crippen molar-refractivity contribution in [1.82, 2.24) is 0 Å². The number of nitrogens with two attached hydrogens (primary N) is 1. The quantitative estimate of drug-likeness (QED) is 0.682. The summed E-state index contributed by atoms with van der Waals surface area (Å²) in [6.45, 7) is 1.09. The van der Waals surface area contributed by atoms with Gasteiger partial charge in [0, 0.05) is 19.8 Å². The first-order chi connectivity index (χ1) is 7.81. The molecular formula is C12H19NO3. The fraction of sp³-hybridized carbons (Fsp3) is 0.500. The molecule has 1 unspecified atom stereocenters. The number of hydrogen-bond acceptors (Lipinski definition) is 4. The van der Waals surface area contributed by atoms with Gasteiger partial charge in [-0.1, -0.05) is 12.1 Å². The molecule has 1 atom stereocenters. The van der Waals surface area contributed by atoms with E-state index in [1.165, 1.54) is 0 Å². The summed E-state index contributed by atoms with van der Waals surface area (Å²) in [6.07, 6.45) is 0.518. The highest BCUT2D eigenvalue weighted by Gasteiger charge is 2.09. The van der Waals surface area contributed by atoms with Gasteiger partial charge in [0.15, 0.2) is 0 Å². The lowest BCUT2D eigenvalue weighted by atomic mass is 10.1. The average molecular weight is 225 g/mol. The Hall–Kier alpha value is -1.10. The molecule has 90 valence electrons. The van der Waals surface area contributed by atoms with Crippen LogP contribution in [0, 0.1) is 0 Å². The summed E-state index contributed by atoms with van der Waals surface area (Å²) < 4.78 is 10.6. The van der Waals surface area contributed by atoms with Crippen LogP contribution in [-0.2, 0) is 4.74 Å². The number of rotatable bonds is 7. The summed E-state index contributed by atoms with van der Waals surface area (Å²) in [5.74, 6) is 0.815. The van der Waals surface area contributed by atoms with Gasteiger partial charge in [-0.15, -0.1) is 0 Å². The minimum atomic E-state index is -0.113. The number of ether oxygens (including phenoxy) is 2. The predicted octanol–water partition coefficient (Wildman–Crippen LogP) is 1.09. The Balaban J connectivity index is 2.56. The maximum absolute atomic E-state index is 8.66. The molecule has 4 nitrogen and oxygen atoms in total. The molecule has 16 heavy (non-hydrogen) atoms. The van der Waals surface area contributed by atoms with Crippen molar-refractivity contribution in [3.8, 4) is 5.75 Å². The van der Waals surface area contributed by atoms with Crippen LogP contribution < -0.4 is 10.5 Å². The molecular weight excluding hydrogens is 206 g/mol. The Morgan fingerprint density at radius 3 is 2.50 bits per heavy atom.